The standard InChI is InChI=1S/C26H21N7/c1-33-7-4-18-2-3-19(9-25(18)33)23-10-22(11-24-26(23)29-6-5-28-24)30-13-17-8-20(14-27-12-17)21-15-31-32-16-21/h2-12,14-16,30H,13H2,1H3,(H,31,32). The smallest absolute Gasteiger partial charge is 0.0966 e. The molecule has 0 saturated heterocycles. The Labute approximate surface area is 190 Å². The largest absolute Gasteiger partial charge is 0.381 e. The fraction of sp³-hybridized carbons (Fsp3) is 0.0769. The second-order valence-electron chi connectivity index (χ2n) is 8.07. The van der Waals surface area contributed by atoms with Crippen LogP contribution in [0.1, 0.15) is 5.56 Å². The van der Waals surface area contributed by atoms with E-state index in [0.717, 1.165) is 44.5 Å². The van der Waals surface area contributed by atoms with Crippen molar-refractivity contribution in [1.29, 1.82) is 0 Å². The molecule has 0 amide bonds. The summed E-state index contributed by atoms with van der Waals surface area (Å²) in [6.45, 7) is 0.640. The molecular formula is C26H21N7. The summed E-state index contributed by atoms with van der Waals surface area (Å²) in [4.78, 5) is 13.6. The summed E-state index contributed by atoms with van der Waals surface area (Å²) in [7, 11) is 2.06. The van der Waals surface area contributed by atoms with Crippen molar-refractivity contribution in [3.8, 4) is 22.3 Å². The minimum atomic E-state index is 0.640. The van der Waals surface area contributed by atoms with Crippen molar-refractivity contribution in [3.63, 3.8) is 0 Å². The molecule has 7 heteroatoms. The Hall–Kier alpha value is -4.52. The fourth-order valence-corrected chi connectivity index (χ4v) is 4.18. The molecule has 0 aliphatic carbocycles. The lowest BCUT2D eigenvalue weighted by Crippen LogP contribution is -2.01. The molecule has 0 spiro atoms. The van der Waals surface area contributed by atoms with Gasteiger partial charge >= 0.3 is 0 Å². The van der Waals surface area contributed by atoms with Crippen LogP contribution in [0.5, 0.6) is 0 Å². The third-order valence-corrected chi connectivity index (χ3v) is 5.90. The number of anilines is 1. The van der Waals surface area contributed by atoms with Crippen LogP contribution < -0.4 is 5.32 Å². The highest BCUT2D eigenvalue weighted by molar-refractivity contribution is 5.97. The van der Waals surface area contributed by atoms with Gasteiger partial charge < -0.3 is 9.88 Å². The molecule has 2 aromatic carbocycles. The minimum absolute atomic E-state index is 0.640. The molecule has 6 rings (SSSR count). The lowest BCUT2D eigenvalue weighted by atomic mass is 10.0. The Balaban J connectivity index is 1.36. The van der Waals surface area contributed by atoms with Gasteiger partial charge in [-0.3, -0.25) is 20.1 Å². The molecule has 0 bridgehead atoms. The van der Waals surface area contributed by atoms with E-state index in [-0.39, 0.29) is 0 Å². The molecule has 2 N–H and O–H groups in total. The molecule has 0 fully saturated rings. The van der Waals surface area contributed by atoms with E-state index in [9.17, 15) is 0 Å². The lowest BCUT2D eigenvalue weighted by Gasteiger charge is -2.12. The Bertz CT molecular complexity index is 1580. The number of fused-ring (bicyclic) bond motifs is 2. The van der Waals surface area contributed by atoms with Gasteiger partial charge in [-0.15, -0.1) is 0 Å². The quantitative estimate of drug-likeness (QED) is 0.393. The molecule has 160 valence electrons. The van der Waals surface area contributed by atoms with E-state index < -0.39 is 0 Å². The highest BCUT2D eigenvalue weighted by atomic mass is 15.1. The van der Waals surface area contributed by atoms with E-state index >= 15 is 0 Å². The van der Waals surface area contributed by atoms with Crippen LogP contribution in [0.25, 0.3) is 44.2 Å². The summed E-state index contributed by atoms with van der Waals surface area (Å²) in [5, 5.41) is 11.6. The van der Waals surface area contributed by atoms with Crippen molar-refractivity contribution in [2.45, 2.75) is 6.54 Å². The maximum absolute atomic E-state index is 4.63. The van der Waals surface area contributed by atoms with Crippen molar-refractivity contribution in [1.82, 2.24) is 29.7 Å². The summed E-state index contributed by atoms with van der Waals surface area (Å²) >= 11 is 0. The first-order valence-electron chi connectivity index (χ1n) is 10.7. The van der Waals surface area contributed by atoms with E-state index in [1.807, 2.05) is 24.7 Å². The molecule has 0 aliphatic heterocycles. The van der Waals surface area contributed by atoms with Crippen LogP contribution in [-0.2, 0) is 13.6 Å². The highest BCUT2D eigenvalue weighted by Crippen LogP contribution is 2.32. The van der Waals surface area contributed by atoms with Crippen molar-refractivity contribution in [3.05, 3.63) is 91.4 Å². The zero-order chi connectivity index (χ0) is 22.2. The molecule has 6 aromatic rings. The fourth-order valence-electron chi connectivity index (χ4n) is 4.18. The van der Waals surface area contributed by atoms with E-state index in [1.54, 1.807) is 18.6 Å². The summed E-state index contributed by atoms with van der Waals surface area (Å²) in [5.74, 6) is 0. The number of hydrogen-bond acceptors (Lipinski definition) is 5. The number of rotatable bonds is 5. The summed E-state index contributed by atoms with van der Waals surface area (Å²) in [6.07, 6.45) is 12.9. The van der Waals surface area contributed by atoms with Crippen LogP contribution in [-0.4, -0.2) is 29.7 Å². The van der Waals surface area contributed by atoms with Gasteiger partial charge in [-0.25, -0.2) is 0 Å². The summed E-state index contributed by atoms with van der Waals surface area (Å²) in [5.41, 5.74) is 9.21. The number of aromatic nitrogens is 6. The second kappa shape index (κ2) is 7.87. The summed E-state index contributed by atoms with van der Waals surface area (Å²) < 4.78 is 2.13. The van der Waals surface area contributed by atoms with E-state index in [4.69, 9.17) is 0 Å². The number of H-pyrrole nitrogens is 1. The first kappa shape index (κ1) is 19.2. The average Bonchev–Trinajstić information content (AvgIpc) is 3.53. The van der Waals surface area contributed by atoms with Gasteiger partial charge in [0.05, 0.1) is 17.2 Å². The molecule has 0 saturated carbocycles. The Morgan fingerprint density at radius 3 is 2.76 bits per heavy atom. The number of pyridine rings is 1. The first-order chi connectivity index (χ1) is 16.2. The van der Waals surface area contributed by atoms with Crippen LogP contribution in [0.4, 0.5) is 5.69 Å². The maximum Gasteiger partial charge on any atom is 0.0966 e. The van der Waals surface area contributed by atoms with Crippen LogP contribution in [0, 0.1) is 0 Å². The number of nitrogens with zero attached hydrogens (tertiary/aromatic N) is 5. The SMILES string of the molecule is Cn1ccc2ccc(-c3cc(NCc4cncc(-c5cn[nH]c5)c4)cc4nccnc34)cc21. The van der Waals surface area contributed by atoms with Crippen LogP contribution in [0.2, 0.25) is 0 Å². The zero-order valence-electron chi connectivity index (χ0n) is 18.0. The second-order valence-corrected chi connectivity index (χ2v) is 8.07. The minimum Gasteiger partial charge on any atom is -0.381 e. The van der Waals surface area contributed by atoms with Gasteiger partial charge in [0.2, 0.25) is 0 Å². The van der Waals surface area contributed by atoms with E-state index in [1.165, 1.54) is 10.9 Å². The molecule has 0 unspecified atom stereocenters. The van der Waals surface area contributed by atoms with Gasteiger partial charge in [0.25, 0.3) is 0 Å². The van der Waals surface area contributed by atoms with Crippen molar-refractivity contribution >= 4 is 27.6 Å². The van der Waals surface area contributed by atoms with Gasteiger partial charge in [0.15, 0.2) is 0 Å². The number of hydrogen-bond donors (Lipinski definition) is 2. The molecule has 0 atom stereocenters. The third-order valence-electron chi connectivity index (χ3n) is 5.90. The predicted octanol–water partition coefficient (Wildman–Crippen LogP) is 5.19. The maximum atomic E-state index is 4.63. The average molecular weight is 432 g/mol. The Morgan fingerprint density at radius 1 is 0.909 bits per heavy atom. The normalized spacial score (nSPS) is 11.3. The van der Waals surface area contributed by atoms with Crippen molar-refractivity contribution < 1.29 is 0 Å². The van der Waals surface area contributed by atoms with E-state index in [0.29, 0.717) is 6.54 Å². The van der Waals surface area contributed by atoms with Crippen LogP contribution in [0.3, 0.4) is 0 Å². The van der Waals surface area contributed by atoms with Crippen molar-refractivity contribution in [2.24, 2.45) is 7.05 Å². The molecule has 33 heavy (non-hydrogen) atoms. The van der Waals surface area contributed by atoms with Gasteiger partial charge in [0, 0.05) is 78.7 Å². The van der Waals surface area contributed by atoms with Gasteiger partial charge in [0.1, 0.15) is 0 Å². The van der Waals surface area contributed by atoms with Crippen molar-refractivity contribution in [2.75, 3.05) is 5.32 Å². The molecule has 0 radical (unpaired) electrons. The molecule has 4 heterocycles. The highest BCUT2D eigenvalue weighted by Gasteiger charge is 2.11. The lowest BCUT2D eigenvalue weighted by molar-refractivity contribution is 0.969. The Morgan fingerprint density at radius 2 is 1.85 bits per heavy atom. The van der Waals surface area contributed by atoms with Gasteiger partial charge in [-0.2, -0.15) is 5.10 Å². The topological polar surface area (TPSA) is 84.3 Å². The number of nitrogens with one attached hydrogen (secondary N) is 2. The number of aryl methyl sites for hydroxylation is 1. The van der Waals surface area contributed by atoms with E-state index in [2.05, 4.69) is 84.7 Å². The molecule has 0 aliphatic rings. The molecule has 4 aromatic heterocycles. The first-order valence-corrected chi connectivity index (χ1v) is 10.7. The third kappa shape index (κ3) is 3.59. The molecular weight excluding hydrogens is 410 g/mol. The van der Waals surface area contributed by atoms with Crippen LogP contribution >= 0.6 is 0 Å². The Kier molecular flexibility index (Phi) is 4.58. The monoisotopic (exact) mass is 431 g/mol. The summed E-state index contributed by atoms with van der Waals surface area (Å²) in [6, 6.07) is 14.9. The van der Waals surface area contributed by atoms with Gasteiger partial charge in [-0.1, -0.05) is 12.1 Å². The van der Waals surface area contributed by atoms with Crippen LogP contribution in [0.15, 0.2) is 85.8 Å². The predicted molar refractivity (Wildman–Crippen MR) is 131 cm³/mol. The number of benzene rings is 2. The molecule has 7 nitrogen and oxygen atoms in total. The van der Waals surface area contributed by atoms with Gasteiger partial charge in [-0.05, 0) is 46.8 Å². The zero-order valence-corrected chi connectivity index (χ0v) is 18.0. The number of aromatic amines is 1.